The molecule has 0 aliphatic rings. The van der Waals surface area contributed by atoms with Crippen molar-refractivity contribution < 1.29 is 18.7 Å². The molecule has 0 spiro atoms. The number of carbonyl (C=O) groups excluding carboxylic acids is 1. The van der Waals surface area contributed by atoms with Crippen molar-refractivity contribution in [1.29, 1.82) is 0 Å². The predicted molar refractivity (Wildman–Crippen MR) is 84.5 cm³/mol. The molecule has 0 amide bonds. The summed E-state index contributed by atoms with van der Waals surface area (Å²) in [6.07, 6.45) is 0.706. The minimum absolute atomic E-state index is 0.0501. The molecule has 0 unspecified atom stereocenters. The molecule has 6 heteroatoms. The van der Waals surface area contributed by atoms with Crippen LogP contribution in [0.1, 0.15) is 15.9 Å². The molecule has 0 saturated heterocycles. The zero-order valence-corrected chi connectivity index (χ0v) is 14.2. The van der Waals surface area contributed by atoms with Gasteiger partial charge in [0.05, 0.1) is 11.6 Å². The predicted octanol–water partition coefficient (Wildman–Crippen LogP) is 4.75. The normalized spacial score (nSPS) is 10.3. The van der Waals surface area contributed by atoms with Crippen LogP contribution in [0.5, 0.6) is 11.5 Å². The Morgan fingerprint density at radius 2 is 1.95 bits per heavy atom. The lowest BCUT2D eigenvalue weighted by Gasteiger charge is -2.15. The van der Waals surface area contributed by atoms with Gasteiger partial charge in [0.2, 0.25) is 0 Å². The number of ether oxygens (including phenoxy) is 2. The van der Waals surface area contributed by atoms with E-state index in [1.165, 1.54) is 13.2 Å². The van der Waals surface area contributed by atoms with Gasteiger partial charge in [-0.2, -0.15) is 0 Å². The van der Waals surface area contributed by atoms with Gasteiger partial charge in [0.1, 0.15) is 12.4 Å². The fraction of sp³-hybridized carbons (Fsp3) is 0.133. The standard InChI is InChI=1S/C15H11Br2FO3/c1-20-12-6-10(7-19)13(16)14(17)15(12)21-8-9-4-2-3-5-11(9)18/h2-7H,8H2,1H3. The summed E-state index contributed by atoms with van der Waals surface area (Å²) in [5.41, 5.74) is 0.860. The fourth-order valence-electron chi connectivity index (χ4n) is 1.74. The lowest BCUT2D eigenvalue weighted by atomic mass is 10.2. The van der Waals surface area contributed by atoms with E-state index in [1.54, 1.807) is 24.3 Å². The summed E-state index contributed by atoms with van der Waals surface area (Å²) in [5, 5.41) is 0. The average molecular weight is 418 g/mol. The van der Waals surface area contributed by atoms with Crippen molar-refractivity contribution in [2.75, 3.05) is 7.11 Å². The second-order valence-corrected chi connectivity index (χ2v) is 5.71. The van der Waals surface area contributed by atoms with E-state index in [4.69, 9.17) is 9.47 Å². The third-order valence-electron chi connectivity index (χ3n) is 2.83. The molecule has 110 valence electrons. The monoisotopic (exact) mass is 416 g/mol. The van der Waals surface area contributed by atoms with Gasteiger partial charge in [0.25, 0.3) is 0 Å². The van der Waals surface area contributed by atoms with Crippen LogP contribution in [-0.4, -0.2) is 13.4 Å². The van der Waals surface area contributed by atoms with Crippen molar-refractivity contribution in [3.8, 4) is 11.5 Å². The molecule has 0 aliphatic heterocycles. The van der Waals surface area contributed by atoms with Gasteiger partial charge in [-0.05, 0) is 44.0 Å². The zero-order valence-electron chi connectivity index (χ0n) is 11.0. The van der Waals surface area contributed by atoms with Crippen LogP contribution in [0.3, 0.4) is 0 Å². The molecule has 0 atom stereocenters. The summed E-state index contributed by atoms with van der Waals surface area (Å²) in [6, 6.07) is 7.92. The highest BCUT2D eigenvalue weighted by Crippen LogP contribution is 2.42. The third-order valence-corrected chi connectivity index (χ3v) is 4.98. The SMILES string of the molecule is COc1cc(C=O)c(Br)c(Br)c1OCc1ccccc1F. The van der Waals surface area contributed by atoms with E-state index < -0.39 is 0 Å². The average Bonchev–Trinajstić information content (AvgIpc) is 2.50. The first-order chi connectivity index (χ1) is 10.1. The second-order valence-electron chi connectivity index (χ2n) is 4.12. The van der Waals surface area contributed by atoms with Crippen LogP contribution in [0.2, 0.25) is 0 Å². The Labute approximate surface area is 138 Å². The highest BCUT2D eigenvalue weighted by Gasteiger charge is 2.17. The summed E-state index contributed by atoms with van der Waals surface area (Å²) in [5.74, 6) is 0.456. The zero-order chi connectivity index (χ0) is 15.4. The Hall–Kier alpha value is -1.40. The van der Waals surface area contributed by atoms with Crippen LogP contribution in [0, 0.1) is 5.82 Å². The van der Waals surface area contributed by atoms with Crippen molar-refractivity contribution >= 4 is 38.1 Å². The lowest BCUT2D eigenvalue weighted by Crippen LogP contribution is -2.02. The maximum absolute atomic E-state index is 13.6. The number of carbonyl (C=O) groups is 1. The highest BCUT2D eigenvalue weighted by molar-refractivity contribution is 9.13. The number of methoxy groups -OCH3 is 1. The largest absolute Gasteiger partial charge is 0.493 e. The van der Waals surface area contributed by atoms with E-state index in [1.807, 2.05) is 0 Å². The van der Waals surface area contributed by atoms with Crippen LogP contribution in [0.25, 0.3) is 0 Å². The van der Waals surface area contributed by atoms with Crippen molar-refractivity contribution in [3.63, 3.8) is 0 Å². The first-order valence-electron chi connectivity index (χ1n) is 5.95. The topological polar surface area (TPSA) is 35.5 Å². The van der Waals surface area contributed by atoms with Gasteiger partial charge in [0, 0.05) is 15.6 Å². The summed E-state index contributed by atoms with van der Waals surface area (Å²) >= 11 is 6.66. The molecule has 2 rings (SSSR count). The molecular formula is C15H11Br2FO3. The van der Waals surface area contributed by atoms with Crippen molar-refractivity contribution in [2.24, 2.45) is 0 Å². The molecule has 0 saturated carbocycles. The van der Waals surface area contributed by atoms with Crippen LogP contribution in [0.15, 0.2) is 39.3 Å². The van der Waals surface area contributed by atoms with E-state index in [-0.39, 0.29) is 12.4 Å². The summed E-state index contributed by atoms with van der Waals surface area (Å²) < 4.78 is 25.6. The summed E-state index contributed by atoms with van der Waals surface area (Å²) in [6.45, 7) is 0.0501. The number of halogens is 3. The van der Waals surface area contributed by atoms with E-state index in [9.17, 15) is 9.18 Å². The Kier molecular flexibility index (Phi) is 5.36. The van der Waals surface area contributed by atoms with Gasteiger partial charge in [-0.25, -0.2) is 4.39 Å². The summed E-state index contributed by atoms with van der Waals surface area (Å²) in [7, 11) is 1.47. The van der Waals surface area contributed by atoms with E-state index in [2.05, 4.69) is 31.9 Å². The van der Waals surface area contributed by atoms with Crippen molar-refractivity contribution in [2.45, 2.75) is 6.61 Å². The number of rotatable bonds is 5. The van der Waals surface area contributed by atoms with Crippen molar-refractivity contribution in [1.82, 2.24) is 0 Å². The summed E-state index contributed by atoms with van der Waals surface area (Å²) in [4.78, 5) is 11.0. The van der Waals surface area contributed by atoms with Gasteiger partial charge in [-0.15, -0.1) is 0 Å². The van der Waals surface area contributed by atoms with E-state index in [0.29, 0.717) is 37.9 Å². The minimum atomic E-state index is -0.337. The molecule has 0 N–H and O–H groups in total. The van der Waals surface area contributed by atoms with Gasteiger partial charge in [-0.3, -0.25) is 4.79 Å². The Balaban J connectivity index is 2.34. The maximum Gasteiger partial charge on any atom is 0.177 e. The lowest BCUT2D eigenvalue weighted by molar-refractivity contribution is 0.112. The quantitative estimate of drug-likeness (QED) is 0.658. The third kappa shape index (κ3) is 3.44. The van der Waals surface area contributed by atoms with Crippen LogP contribution in [0.4, 0.5) is 4.39 Å². The fourth-order valence-corrected chi connectivity index (χ4v) is 2.67. The number of aldehydes is 1. The second kappa shape index (κ2) is 7.04. The molecule has 0 radical (unpaired) electrons. The minimum Gasteiger partial charge on any atom is -0.493 e. The molecule has 3 nitrogen and oxygen atoms in total. The van der Waals surface area contributed by atoms with Crippen LogP contribution >= 0.6 is 31.9 Å². The molecule has 2 aromatic rings. The van der Waals surface area contributed by atoms with Crippen LogP contribution in [-0.2, 0) is 6.61 Å². The van der Waals surface area contributed by atoms with E-state index in [0.717, 1.165) is 0 Å². The Morgan fingerprint density at radius 3 is 2.57 bits per heavy atom. The molecule has 0 fully saturated rings. The van der Waals surface area contributed by atoms with Gasteiger partial charge >= 0.3 is 0 Å². The highest BCUT2D eigenvalue weighted by atomic mass is 79.9. The Bertz CT molecular complexity index is 674. The van der Waals surface area contributed by atoms with Crippen molar-refractivity contribution in [3.05, 3.63) is 56.2 Å². The first kappa shape index (κ1) is 16.0. The molecule has 0 aliphatic carbocycles. The van der Waals surface area contributed by atoms with Gasteiger partial charge in [0.15, 0.2) is 17.8 Å². The molecule has 2 aromatic carbocycles. The number of benzene rings is 2. The molecule has 0 heterocycles. The van der Waals surface area contributed by atoms with Gasteiger partial charge < -0.3 is 9.47 Å². The molecule has 0 bridgehead atoms. The number of hydrogen-bond donors (Lipinski definition) is 0. The molecule has 21 heavy (non-hydrogen) atoms. The van der Waals surface area contributed by atoms with Crippen LogP contribution < -0.4 is 9.47 Å². The smallest absolute Gasteiger partial charge is 0.177 e. The first-order valence-corrected chi connectivity index (χ1v) is 7.54. The number of hydrogen-bond acceptors (Lipinski definition) is 3. The molecule has 0 aromatic heterocycles. The van der Waals surface area contributed by atoms with Gasteiger partial charge in [-0.1, -0.05) is 18.2 Å². The van der Waals surface area contributed by atoms with E-state index >= 15 is 0 Å². The molecular weight excluding hydrogens is 407 g/mol. The maximum atomic E-state index is 13.6. The Morgan fingerprint density at radius 1 is 1.24 bits per heavy atom.